The van der Waals surface area contributed by atoms with E-state index in [0.29, 0.717) is 12.1 Å². The molecule has 0 saturated heterocycles. The number of primary sulfonamides is 1. The van der Waals surface area contributed by atoms with Crippen molar-refractivity contribution in [1.82, 2.24) is 4.72 Å². The monoisotopic (exact) mass is 341 g/mol. The highest BCUT2D eigenvalue weighted by Crippen LogP contribution is 2.20. The van der Waals surface area contributed by atoms with Crippen molar-refractivity contribution in [3.05, 3.63) is 34.1 Å². The molecular formula is C9H12FN3O6S2. The molecule has 0 saturated carbocycles. The highest BCUT2D eigenvalue weighted by molar-refractivity contribution is 7.89. The molecule has 1 rings (SSSR count). The molecule has 0 unspecified atom stereocenters. The van der Waals surface area contributed by atoms with E-state index in [4.69, 9.17) is 5.14 Å². The molecular weight excluding hydrogens is 329 g/mol. The van der Waals surface area contributed by atoms with Crippen LogP contribution in [0.4, 0.5) is 10.1 Å². The topological polar surface area (TPSA) is 149 Å². The molecule has 0 bridgehead atoms. The quantitative estimate of drug-likeness (QED) is 0.394. The summed E-state index contributed by atoms with van der Waals surface area (Å²) in [5, 5.41) is 15.3. The Morgan fingerprint density at radius 3 is 2.43 bits per heavy atom. The van der Waals surface area contributed by atoms with Crippen LogP contribution in [0, 0.1) is 15.9 Å². The maximum atomic E-state index is 13.5. The van der Waals surface area contributed by atoms with Crippen molar-refractivity contribution in [1.29, 1.82) is 0 Å². The third kappa shape index (κ3) is 5.34. The molecule has 118 valence electrons. The lowest BCUT2D eigenvalue weighted by Gasteiger charge is -2.07. The Balaban J connectivity index is 2.88. The van der Waals surface area contributed by atoms with E-state index in [1.54, 1.807) is 0 Å². The third-order valence-electron chi connectivity index (χ3n) is 2.31. The molecule has 0 aliphatic heterocycles. The van der Waals surface area contributed by atoms with E-state index < -0.39 is 47.1 Å². The van der Waals surface area contributed by atoms with E-state index in [2.05, 4.69) is 0 Å². The number of hydrogen-bond acceptors (Lipinski definition) is 6. The highest BCUT2D eigenvalue weighted by atomic mass is 32.2. The van der Waals surface area contributed by atoms with Crippen LogP contribution in [0.2, 0.25) is 0 Å². The van der Waals surface area contributed by atoms with Gasteiger partial charge in [-0.2, -0.15) is 0 Å². The van der Waals surface area contributed by atoms with Gasteiger partial charge in [0.15, 0.2) is 0 Å². The van der Waals surface area contributed by atoms with Crippen LogP contribution in [0.15, 0.2) is 23.1 Å². The average Bonchev–Trinajstić information content (AvgIpc) is 2.33. The number of hydrogen-bond donors (Lipinski definition) is 2. The van der Waals surface area contributed by atoms with Gasteiger partial charge >= 0.3 is 0 Å². The van der Waals surface area contributed by atoms with Gasteiger partial charge in [0.05, 0.1) is 10.7 Å². The van der Waals surface area contributed by atoms with Gasteiger partial charge in [0.2, 0.25) is 20.0 Å². The first-order valence-electron chi connectivity index (χ1n) is 5.47. The average molecular weight is 341 g/mol. The van der Waals surface area contributed by atoms with Crippen LogP contribution in [-0.4, -0.2) is 34.1 Å². The second kappa shape index (κ2) is 6.43. The summed E-state index contributed by atoms with van der Waals surface area (Å²) < 4.78 is 60.3. The number of nitro groups is 1. The van der Waals surface area contributed by atoms with Crippen molar-refractivity contribution in [2.75, 3.05) is 12.3 Å². The van der Waals surface area contributed by atoms with E-state index in [0.717, 1.165) is 6.07 Å². The Hall–Kier alpha value is -1.63. The molecule has 3 N–H and O–H groups in total. The minimum Gasteiger partial charge on any atom is -0.258 e. The van der Waals surface area contributed by atoms with E-state index in [1.165, 1.54) is 0 Å². The number of halogens is 1. The maximum Gasteiger partial charge on any atom is 0.270 e. The van der Waals surface area contributed by atoms with Crippen LogP contribution < -0.4 is 9.86 Å². The minimum atomic E-state index is -4.33. The summed E-state index contributed by atoms with van der Waals surface area (Å²) in [6.07, 6.45) is -0.116. The molecule has 0 heterocycles. The van der Waals surface area contributed by atoms with Gasteiger partial charge in [-0.3, -0.25) is 10.1 Å². The fourth-order valence-electron chi connectivity index (χ4n) is 1.37. The number of nitrogens with zero attached hydrogens (tertiary/aromatic N) is 1. The largest absolute Gasteiger partial charge is 0.270 e. The first kappa shape index (κ1) is 17.4. The predicted molar refractivity (Wildman–Crippen MR) is 70.8 cm³/mol. The molecule has 0 radical (unpaired) electrons. The number of non-ortho nitro benzene ring substituents is 1. The molecule has 0 atom stereocenters. The van der Waals surface area contributed by atoms with E-state index in [1.807, 2.05) is 4.72 Å². The SMILES string of the molecule is NS(=O)(=O)CCCNS(=O)(=O)c1cc([N+](=O)[O-])ccc1F. The molecule has 1 aromatic carbocycles. The molecule has 0 spiro atoms. The van der Waals surface area contributed by atoms with Gasteiger partial charge in [0.25, 0.3) is 5.69 Å². The van der Waals surface area contributed by atoms with E-state index in [9.17, 15) is 31.3 Å². The first-order valence-corrected chi connectivity index (χ1v) is 8.67. The maximum absolute atomic E-state index is 13.5. The van der Waals surface area contributed by atoms with Gasteiger partial charge in [-0.05, 0) is 12.5 Å². The third-order valence-corrected chi connectivity index (χ3v) is 4.65. The number of sulfonamides is 2. The van der Waals surface area contributed by atoms with Crippen molar-refractivity contribution < 1.29 is 26.1 Å². The van der Waals surface area contributed by atoms with Gasteiger partial charge in [-0.25, -0.2) is 31.1 Å². The summed E-state index contributed by atoms with van der Waals surface area (Å²) in [5.41, 5.74) is -0.582. The van der Waals surface area contributed by atoms with Crippen LogP contribution in [-0.2, 0) is 20.0 Å². The van der Waals surface area contributed by atoms with Gasteiger partial charge < -0.3 is 0 Å². The van der Waals surface area contributed by atoms with E-state index >= 15 is 0 Å². The lowest BCUT2D eigenvalue weighted by molar-refractivity contribution is -0.385. The summed E-state index contributed by atoms with van der Waals surface area (Å²) in [4.78, 5) is 8.81. The van der Waals surface area contributed by atoms with Gasteiger partial charge in [0.1, 0.15) is 10.7 Å². The lowest BCUT2D eigenvalue weighted by Crippen LogP contribution is -2.28. The Bertz CT molecular complexity index is 747. The summed E-state index contributed by atoms with van der Waals surface area (Å²) in [7, 11) is -8.06. The standard InChI is InChI=1S/C9H12FN3O6S2/c10-8-3-2-7(13(14)15)6-9(8)21(18,19)12-4-1-5-20(11,16)17/h2-3,6,12H,1,4-5H2,(H2,11,16,17). The van der Waals surface area contributed by atoms with Gasteiger partial charge in [-0.1, -0.05) is 0 Å². The first-order chi connectivity index (χ1) is 9.53. The number of rotatable bonds is 7. The van der Waals surface area contributed by atoms with Crippen molar-refractivity contribution in [2.45, 2.75) is 11.3 Å². The minimum absolute atomic E-state index is 0.116. The number of benzene rings is 1. The molecule has 0 amide bonds. The zero-order valence-corrected chi connectivity index (χ0v) is 12.2. The Morgan fingerprint density at radius 1 is 1.29 bits per heavy atom. The molecule has 0 fully saturated rings. The van der Waals surface area contributed by atoms with Crippen LogP contribution in [0.5, 0.6) is 0 Å². The fourth-order valence-corrected chi connectivity index (χ4v) is 3.09. The summed E-state index contributed by atoms with van der Waals surface area (Å²) in [6.45, 7) is -0.305. The van der Waals surface area contributed by atoms with Gasteiger partial charge in [-0.15, -0.1) is 0 Å². The van der Waals surface area contributed by atoms with Crippen molar-refractivity contribution >= 4 is 25.7 Å². The highest BCUT2D eigenvalue weighted by Gasteiger charge is 2.22. The lowest BCUT2D eigenvalue weighted by atomic mass is 10.3. The van der Waals surface area contributed by atoms with Crippen LogP contribution in [0.3, 0.4) is 0 Å². The Labute approximate surface area is 120 Å². The van der Waals surface area contributed by atoms with Crippen LogP contribution >= 0.6 is 0 Å². The Morgan fingerprint density at radius 2 is 1.90 bits per heavy atom. The van der Waals surface area contributed by atoms with Gasteiger partial charge in [0, 0.05) is 18.7 Å². The molecule has 21 heavy (non-hydrogen) atoms. The summed E-state index contributed by atoms with van der Waals surface area (Å²) >= 11 is 0. The molecule has 12 heteroatoms. The fraction of sp³-hybridized carbons (Fsp3) is 0.333. The van der Waals surface area contributed by atoms with E-state index in [-0.39, 0.29) is 13.0 Å². The summed E-state index contributed by atoms with van der Waals surface area (Å²) in [5.74, 6) is -1.60. The zero-order chi connectivity index (χ0) is 16.3. The normalized spacial score (nSPS) is 12.3. The van der Waals surface area contributed by atoms with Crippen LogP contribution in [0.1, 0.15) is 6.42 Å². The van der Waals surface area contributed by atoms with Crippen molar-refractivity contribution in [2.24, 2.45) is 5.14 Å². The molecule has 0 aromatic heterocycles. The molecule has 0 aliphatic carbocycles. The zero-order valence-electron chi connectivity index (χ0n) is 10.5. The Kier molecular flexibility index (Phi) is 5.33. The molecule has 1 aromatic rings. The van der Waals surface area contributed by atoms with Crippen molar-refractivity contribution in [3.63, 3.8) is 0 Å². The number of nitrogens with two attached hydrogens (primary N) is 1. The second-order valence-electron chi connectivity index (χ2n) is 3.99. The second-order valence-corrected chi connectivity index (χ2v) is 7.46. The number of nitro benzene ring substituents is 1. The smallest absolute Gasteiger partial charge is 0.258 e. The van der Waals surface area contributed by atoms with Crippen molar-refractivity contribution in [3.8, 4) is 0 Å². The predicted octanol–water partition coefficient (Wildman–Crippen LogP) is -0.309. The van der Waals surface area contributed by atoms with Crippen LogP contribution in [0.25, 0.3) is 0 Å². The molecule has 9 nitrogen and oxygen atoms in total. The summed E-state index contributed by atoms with van der Waals surface area (Å²) in [6, 6.07) is 2.07. The molecule has 0 aliphatic rings. The number of nitrogens with one attached hydrogen (secondary N) is 1.